The van der Waals surface area contributed by atoms with Crippen LogP contribution in [0.2, 0.25) is 0 Å². The molecule has 0 saturated carbocycles. The topological polar surface area (TPSA) is 21.3 Å². The number of nitrogens with zero attached hydrogens (tertiary/aromatic N) is 2. The fraction of sp³-hybridized carbons (Fsp3) is 0. The van der Waals surface area contributed by atoms with Crippen molar-refractivity contribution in [3.05, 3.63) is 146 Å². The lowest BCUT2D eigenvalue weighted by molar-refractivity contribution is 0.673. The standard InChI is InChI=1S/C38H24N2OS/c1-3-11-25(12-4-1)39(28-20-22-32-36(24-28)42-38-31-16-8-10-18-35(31)41-37(32)38)27-19-21-30-29-15-7-9-17-33(29)40(34(30)23-27)26-13-5-2-6-14-26/h1-24H. The van der Waals surface area contributed by atoms with Crippen molar-refractivity contribution >= 4 is 81.5 Å². The van der Waals surface area contributed by atoms with E-state index in [1.165, 1.54) is 36.6 Å². The lowest BCUT2D eigenvalue weighted by Gasteiger charge is -2.26. The summed E-state index contributed by atoms with van der Waals surface area (Å²) in [6.45, 7) is 0. The summed E-state index contributed by atoms with van der Waals surface area (Å²) in [7, 11) is 0. The summed E-state index contributed by atoms with van der Waals surface area (Å²) >= 11 is 1.80. The van der Waals surface area contributed by atoms with Gasteiger partial charge in [-0.3, -0.25) is 0 Å². The van der Waals surface area contributed by atoms with E-state index in [1.807, 2.05) is 12.1 Å². The second kappa shape index (κ2) is 9.10. The van der Waals surface area contributed by atoms with Gasteiger partial charge < -0.3 is 13.9 Å². The molecule has 0 radical (unpaired) electrons. The molecule has 0 bridgehead atoms. The molecular weight excluding hydrogens is 532 g/mol. The number of hydrogen-bond acceptors (Lipinski definition) is 3. The molecule has 3 nitrogen and oxygen atoms in total. The lowest BCUT2D eigenvalue weighted by Crippen LogP contribution is -2.09. The number of benzene rings is 6. The maximum atomic E-state index is 6.30. The van der Waals surface area contributed by atoms with Crippen molar-refractivity contribution in [3.63, 3.8) is 0 Å². The number of hydrogen-bond donors (Lipinski definition) is 0. The van der Waals surface area contributed by atoms with E-state index in [0.717, 1.165) is 39.3 Å². The van der Waals surface area contributed by atoms with Crippen LogP contribution in [0.4, 0.5) is 17.1 Å². The largest absolute Gasteiger partial charge is 0.454 e. The van der Waals surface area contributed by atoms with Gasteiger partial charge in [-0.2, -0.15) is 0 Å². The van der Waals surface area contributed by atoms with Crippen LogP contribution >= 0.6 is 11.3 Å². The molecule has 0 aliphatic carbocycles. The molecule has 9 rings (SSSR count). The Bertz CT molecular complexity index is 2420. The number of aromatic nitrogens is 1. The van der Waals surface area contributed by atoms with E-state index >= 15 is 0 Å². The first-order valence-corrected chi connectivity index (χ1v) is 14.9. The van der Waals surface area contributed by atoms with Gasteiger partial charge in [-0.25, -0.2) is 0 Å². The molecular formula is C38H24N2OS. The predicted octanol–water partition coefficient (Wildman–Crippen LogP) is 11.4. The van der Waals surface area contributed by atoms with E-state index in [0.29, 0.717) is 0 Å². The maximum absolute atomic E-state index is 6.30. The molecule has 0 spiro atoms. The minimum absolute atomic E-state index is 0.942. The normalized spacial score (nSPS) is 11.8. The van der Waals surface area contributed by atoms with Gasteiger partial charge in [0.05, 0.1) is 15.7 Å². The summed E-state index contributed by atoms with van der Waals surface area (Å²) in [5.41, 5.74) is 8.80. The SMILES string of the molecule is c1ccc(N(c2ccc3c(c2)sc2c4ccccc4oc32)c2ccc3c4ccccc4n(-c4ccccc4)c3c2)cc1. The summed E-state index contributed by atoms with van der Waals surface area (Å²) in [6, 6.07) is 51.8. The first-order valence-electron chi connectivity index (χ1n) is 14.1. The van der Waals surface area contributed by atoms with Crippen LogP contribution in [0.3, 0.4) is 0 Å². The molecule has 0 saturated heterocycles. The van der Waals surface area contributed by atoms with Crippen LogP contribution in [0.15, 0.2) is 150 Å². The van der Waals surface area contributed by atoms with Gasteiger partial charge in [0.2, 0.25) is 0 Å². The second-order valence-electron chi connectivity index (χ2n) is 10.6. The predicted molar refractivity (Wildman–Crippen MR) is 178 cm³/mol. The Balaban J connectivity index is 1.28. The minimum Gasteiger partial charge on any atom is -0.454 e. The van der Waals surface area contributed by atoms with E-state index in [9.17, 15) is 0 Å². The molecule has 6 aromatic carbocycles. The molecule has 3 heterocycles. The molecule has 3 aromatic heterocycles. The molecule has 4 heteroatoms. The zero-order valence-corrected chi connectivity index (χ0v) is 23.4. The van der Waals surface area contributed by atoms with Crippen molar-refractivity contribution in [3.8, 4) is 5.69 Å². The van der Waals surface area contributed by atoms with Crippen molar-refractivity contribution in [1.29, 1.82) is 0 Å². The van der Waals surface area contributed by atoms with Crippen molar-refractivity contribution in [2.75, 3.05) is 4.90 Å². The van der Waals surface area contributed by atoms with Crippen molar-refractivity contribution in [1.82, 2.24) is 4.57 Å². The number of furan rings is 1. The van der Waals surface area contributed by atoms with Gasteiger partial charge in [0.15, 0.2) is 5.58 Å². The number of fused-ring (bicyclic) bond motifs is 8. The summed E-state index contributed by atoms with van der Waals surface area (Å²) in [4.78, 5) is 2.35. The Morgan fingerprint density at radius 1 is 0.500 bits per heavy atom. The van der Waals surface area contributed by atoms with Gasteiger partial charge in [-0.05, 0) is 72.8 Å². The fourth-order valence-electron chi connectivity index (χ4n) is 6.31. The Hall–Kier alpha value is -5.32. The van der Waals surface area contributed by atoms with Gasteiger partial charge in [-0.15, -0.1) is 11.3 Å². The number of thiophene rings is 1. The molecule has 0 amide bonds. The van der Waals surface area contributed by atoms with Gasteiger partial charge >= 0.3 is 0 Å². The molecule has 0 aliphatic rings. The number of para-hydroxylation sites is 4. The molecule has 198 valence electrons. The van der Waals surface area contributed by atoms with Crippen molar-refractivity contribution in [2.24, 2.45) is 0 Å². The maximum Gasteiger partial charge on any atom is 0.154 e. The Labute approximate surface area is 246 Å². The van der Waals surface area contributed by atoms with Crippen LogP contribution in [0, 0.1) is 0 Å². The monoisotopic (exact) mass is 556 g/mol. The third kappa shape index (κ3) is 3.46. The molecule has 42 heavy (non-hydrogen) atoms. The quantitative estimate of drug-likeness (QED) is 0.215. The Morgan fingerprint density at radius 3 is 1.98 bits per heavy atom. The van der Waals surface area contributed by atoms with Crippen LogP contribution < -0.4 is 4.90 Å². The molecule has 0 N–H and O–H groups in total. The smallest absolute Gasteiger partial charge is 0.154 e. The van der Waals surface area contributed by atoms with Crippen LogP contribution in [-0.4, -0.2) is 4.57 Å². The van der Waals surface area contributed by atoms with E-state index < -0.39 is 0 Å². The first kappa shape index (κ1) is 23.4. The lowest BCUT2D eigenvalue weighted by atomic mass is 10.1. The molecule has 0 fully saturated rings. The minimum atomic E-state index is 0.942. The zero-order chi connectivity index (χ0) is 27.6. The van der Waals surface area contributed by atoms with Gasteiger partial charge in [0.1, 0.15) is 5.58 Å². The second-order valence-corrected chi connectivity index (χ2v) is 11.7. The van der Waals surface area contributed by atoms with E-state index in [1.54, 1.807) is 11.3 Å². The van der Waals surface area contributed by atoms with E-state index in [2.05, 4.69) is 143 Å². The first-order chi connectivity index (χ1) is 20.8. The van der Waals surface area contributed by atoms with Gasteiger partial charge in [0.25, 0.3) is 0 Å². The van der Waals surface area contributed by atoms with Crippen molar-refractivity contribution in [2.45, 2.75) is 0 Å². The highest BCUT2D eigenvalue weighted by molar-refractivity contribution is 7.26. The number of anilines is 3. The molecule has 0 unspecified atom stereocenters. The van der Waals surface area contributed by atoms with Gasteiger partial charge in [-0.1, -0.05) is 72.8 Å². The van der Waals surface area contributed by atoms with E-state index in [-0.39, 0.29) is 0 Å². The summed E-state index contributed by atoms with van der Waals surface area (Å²) < 4.78 is 11.1. The third-order valence-electron chi connectivity index (χ3n) is 8.17. The van der Waals surface area contributed by atoms with Crippen LogP contribution in [0.5, 0.6) is 0 Å². The summed E-state index contributed by atoms with van der Waals surface area (Å²) in [5.74, 6) is 0. The highest BCUT2D eigenvalue weighted by atomic mass is 32.1. The average molecular weight is 557 g/mol. The zero-order valence-electron chi connectivity index (χ0n) is 22.6. The molecule has 9 aromatic rings. The van der Waals surface area contributed by atoms with Crippen molar-refractivity contribution < 1.29 is 4.42 Å². The molecule has 0 atom stereocenters. The summed E-state index contributed by atoms with van der Waals surface area (Å²) in [6.07, 6.45) is 0. The van der Waals surface area contributed by atoms with Crippen LogP contribution in [-0.2, 0) is 0 Å². The average Bonchev–Trinajstić information content (AvgIpc) is 3.70. The summed E-state index contributed by atoms with van der Waals surface area (Å²) in [5, 5.41) is 4.83. The third-order valence-corrected chi connectivity index (χ3v) is 9.34. The number of rotatable bonds is 4. The van der Waals surface area contributed by atoms with E-state index in [4.69, 9.17) is 4.42 Å². The Kier molecular flexibility index (Phi) is 5.07. The fourth-order valence-corrected chi connectivity index (χ4v) is 7.50. The van der Waals surface area contributed by atoms with Gasteiger partial charge in [0, 0.05) is 49.0 Å². The Morgan fingerprint density at radius 2 is 1.14 bits per heavy atom. The molecule has 0 aliphatic heterocycles. The van der Waals surface area contributed by atoms with Crippen LogP contribution in [0.1, 0.15) is 0 Å². The van der Waals surface area contributed by atoms with Crippen LogP contribution in [0.25, 0.3) is 58.8 Å². The highest BCUT2D eigenvalue weighted by Gasteiger charge is 2.19. The highest BCUT2D eigenvalue weighted by Crippen LogP contribution is 2.44.